The largest absolute Gasteiger partial charge is 0.490 e. The number of nitrogens with zero attached hydrogens (tertiary/aromatic N) is 3. The Morgan fingerprint density at radius 1 is 1.08 bits per heavy atom. The smallest absolute Gasteiger partial charge is 0.417 e. The van der Waals surface area contributed by atoms with E-state index in [9.17, 15) is 18.0 Å². The molecule has 2 N–H and O–H groups in total. The van der Waals surface area contributed by atoms with Gasteiger partial charge in [-0.1, -0.05) is 12.1 Å². The van der Waals surface area contributed by atoms with E-state index >= 15 is 0 Å². The number of aromatic nitrogens is 2. The quantitative estimate of drug-likeness (QED) is 0.371. The molecule has 37 heavy (non-hydrogen) atoms. The lowest BCUT2D eigenvalue weighted by Gasteiger charge is -2.28. The molecule has 9 heteroatoms. The van der Waals surface area contributed by atoms with Gasteiger partial charge in [-0.25, -0.2) is 4.98 Å². The first-order valence-electron chi connectivity index (χ1n) is 11.8. The number of anilines is 1. The van der Waals surface area contributed by atoms with Gasteiger partial charge >= 0.3 is 6.18 Å². The van der Waals surface area contributed by atoms with Crippen molar-refractivity contribution in [3.8, 4) is 5.75 Å². The lowest BCUT2D eigenvalue weighted by Crippen LogP contribution is -2.35. The number of benzene rings is 2. The predicted molar refractivity (Wildman–Crippen MR) is 134 cm³/mol. The van der Waals surface area contributed by atoms with Crippen LogP contribution in [0.5, 0.6) is 5.75 Å². The van der Waals surface area contributed by atoms with Crippen LogP contribution in [0.3, 0.4) is 0 Å². The number of ether oxygens (including phenoxy) is 1. The third kappa shape index (κ3) is 4.57. The highest BCUT2D eigenvalue weighted by Crippen LogP contribution is 2.41. The van der Waals surface area contributed by atoms with Crippen molar-refractivity contribution in [1.29, 1.82) is 0 Å². The van der Waals surface area contributed by atoms with Crippen molar-refractivity contribution < 1.29 is 22.7 Å². The van der Waals surface area contributed by atoms with Gasteiger partial charge in [0.2, 0.25) is 0 Å². The Morgan fingerprint density at radius 2 is 1.86 bits per heavy atom. The molecule has 1 aliphatic rings. The molecular formula is C28H25F3N4O2. The van der Waals surface area contributed by atoms with Gasteiger partial charge in [0.25, 0.3) is 5.91 Å². The van der Waals surface area contributed by atoms with E-state index in [4.69, 9.17) is 10.5 Å². The Hall–Kier alpha value is -4.14. The lowest BCUT2D eigenvalue weighted by molar-refractivity contribution is -0.137. The monoisotopic (exact) mass is 506 g/mol. The second-order valence-electron chi connectivity index (χ2n) is 9.32. The fraction of sp³-hybridized carbons (Fsp3) is 0.250. The van der Waals surface area contributed by atoms with Gasteiger partial charge in [0, 0.05) is 22.7 Å². The van der Waals surface area contributed by atoms with Crippen LogP contribution in [0.2, 0.25) is 0 Å². The summed E-state index contributed by atoms with van der Waals surface area (Å²) in [5.74, 6) is 0.863. The number of aryl methyl sites for hydroxylation is 2. The number of pyridine rings is 2. The first-order valence-corrected chi connectivity index (χ1v) is 11.8. The molecule has 190 valence electrons. The average Bonchev–Trinajstić information content (AvgIpc) is 3.29. The van der Waals surface area contributed by atoms with E-state index in [2.05, 4.69) is 9.97 Å². The zero-order valence-corrected chi connectivity index (χ0v) is 20.6. The summed E-state index contributed by atoms with van der Waals surface area (Å²) in [6.07, 6.45) is -3.70. The third-order valence-electron chi connectivity index (χ3n) is 6.86. The molecule has 1 atom stereocenters. The number of hydrogen-bond acceptors (Lipinski definition) is 5. The van der Waals surface area contributed by atoms with Crippen molar-refractivity contribution in [1.82, 2.24) is 14.9 Å². The van der Waals surface area contributed by atoms with Crippen LogP contribution in [0.15, 0.2) is 54.7 Å². The fourth-order valence-electron chi connectivity index (χ4n) is 4.55. The summed E-state index contributed by atoms with van der Waals surface area (Å²) in [5.41, 5.74) is 10.2. The number of carbonyl (C=O) groups is 1. The molecule has 1 aliphatic heterocycles. The summed E-state index contributed by atoms with van der Waals surface area (Å²) in [4.78, 5) is 23.9. The number of amides is 1. The minimum absolute atomic E-state index is 0.00835. The van der Waals surface area contributed by atoms with Crippen molar-refractivity contribution in [2.75, 3.05) is 12.3 Å². The number of nitrogen functional groups attached to an aromatic ring is 1. The highest BCUT2D eigenvalue weighted by atomic mass is 19.4. The minimum Gasteiger partial charge on any atom is -0.490 e. The first kappa shape index (κ1) is 24.5. The highest BCUT2D eigenvalue weighted by Gasteiger charge is 2.35. The van der Waals surface area contributed by atoms with Gasteiger partial charge in [-0.3, -0.25) is 9.78 Å². The number of halogens is 3. The first-order chi connectivity index (χ1) is 17.5. The number of rotatable bonds is 4. The van der Waals surface area contributed by atoms with Crippen LogP contribution in [0.1, 0.15) is 49.9 Å². The molecule has 6 nitrogen and oxygen atoms in total. The molecule has 1 amide bonds. The fourth-order valence-corrected chi connectivity index (χ4v) is 4.55. The molecule has 3 heterocycles. The lowest BCUT2D eigenvalue weighted by atomic mass is 9.99. The molecule has 0 aliphatic carbocycles. The second-order valence-corrected chi connectivity index (χ2v) is 9.32. The van der Waals surface area contributed by atoms with E-state index in [1.807, 2.05) is 39.0 Å². The van der Waals surface area contributed by atoms with Gasteiger partial charge in [0.15, 0.2) is 0 Å². The van der Waals surface area contributed by atoms with Gasteiger partial charge in [0.1, 0.15) is 18.2 Å². The van der Waals surface area contributed by atoms with Crippen molar-refractivity contribution in [2.45, 2.75) is 39.5 Å². The predicted octanol–water partition coefficient (Wildman–Crippen LogP) is 5.93. The van der Waals surface area contributed by atoms with Gasteiger partial charge in [-0.05, 0) is 73.9 Å². The van der Waals surface area contributed by atoms with Crippen LogP contribution < -0.4 is 10.5 Å². The summed E-state index contributed by atoms with van der Waals surface area (Å²) in [5, 5.41) is 0.764. The average molecular weight is 507 g/mol. The Morgan fingerprint density at radius 3 is 2.57 bits per heavy atom. The van der Waals surface area contributed by atoms with E-state index < -0.39 is 17.8 Å². The SMILES string of the molecule is Cc1cc2cc(C(=O)N(Cc3ccc(C(F)(F)F)cn3)[C@@H]3COc4c3ccc(C)c4C)ccc2nc1N. The molecule has 0 radical (unpaired) electrons. The Kier molecular flexibility index (Phi) is 6.01. The standard InChI is InChI=1S/C28H25F3N4O2/c1-15-4-8-22-24(14-37-25(22)17(15)3)35(13-21-7-6-20(12-33-21)28(29,30)31)27(36)18-5-9-23-19(11-18)10-16(2)26(32)34-23/h4-12,24H,13-14H2,1-3H3,(H2,32,34)/t24-/m1/s1. The van der Waals surface area contributed by atoms with E-state index in [0.29, 0.717) is 22.6 Å². The summed E-state index contributed by atoms with van der Waals surface area (Å²) < 4.78 is 45.2. The van der Waals surface area contributed by atoms with Crippen LogP contribution in [-0.4, -0.2) is 27.4 Å². The molecule has 0 fully saturated rings. The van der Waals surface area contributed by atoms with Crippen LogP contribution >= 0.6 is 0 Å². The number of hydrogen-bond donors (Lipinski definition) is 1. The van der Waals surface area contributed by atoms with Crippen molar-refractivity contribution in [2.24, 2.45) is 0 Å². The number of fused-ring (bicyclic) bond motifs is 2. The molecular weight excluding hydrogens is 481 g/mol. The van der Waals surface area contributed by atoms with Crippen LogP contribution in [0, 0.1) is 20.8 Å². The van der Waals surface area contributed by atoms with Crippen molar-refractivity contribution in [3.05, 3.63) is 93.8 Å². The van der Waals surface area contributed by atoms with E-state index in [-0.39, 0.29) is 19.1 Å². The Bertz CT molecular complexity index is 1520. The normalized spacial score (nSPS) is 14.9. The van der Waals surface area contributed by atoms with Gasteiger partial charge in [-0.2, -0.15) is 13.2 Å². The van der Waals surface area contributed by atoms with Crippen molar-refractivity contribution >= 4 is 22.6 Å². The maximum absolute atomic E-state index is 13.9. The van der Waals surface area contributed by atoms with E-state index in [0.717, 1.165) is 45.7 Å². The molecule has 2 aromatic carbocycles. The van der Waals surface area contributed by atoms with Gasteiger partial charge in [0.05, 0.1) is 29.4 Å². The van der Waals surface area contributed by atoms with Gasteiger partial charge in [-0.15, -0.1) is 0 Å². The number of carbonyl (C=O) groups excluding carboxylic acids is 1. The zero-order chi connectivity index (χ0) is 26.5. The molecule has 0 spiro atoms. The minimum atomic E-state index is -4.49. The highest BCUT2D eigenvalue weighted by molar-refractivity contribution is 5.98. The summed E-state index contributed by atoms with van der Waals surface area (Å²) in [7, 11) is 0. The molecule has 0 saturated heterocycles. The molecule has 0 bridgehead atoms. The van der Waals surface area contributed by atoms with Crippen LogP contribution in [-0.2, 0) is 12.7 Å². The zero-order valence-electron chi connectivity index (χ0n) is 20.6. The molecule has 2 aromatic heterocycles. The van der Waals surface area contributed by atoms with Crippen LogP contribution in [0.25, 0.3) is 10.9 Å². The molecule has 0 unspecified atom stereocenters. The molecule has 5 rings (SSSR count). The van der Waals surface area contributed by atoms with Crippen molar-refractivity contribution in [3.63, 3.8) is 0 Å². The maximum atomic E-state index is 13.9. The van der Waals surface area contributed by atoms with E-state index in [1.54, 1.807) is 23.1 Å². The third-order valence-corrected chi connectivity index (χ3v) is 6.86. The van der Waals surface area contributed by atoms with Crippen LogP contribution in [0.4, 0.5) is 19.0 Å². The Labute approximate surface area is 211 Å². The molecule has 0 saturated carbocycles. The summed E-state index contributed by atoms with van der Waals surface area (Å²) >= 11 is 0. The maximum Gasteiger partial charge on any atom is 0.417 e. The Balaban J connectivity index is 1.55. The number of nitrogens with two attached hydrogens (primary N) is 1. The second kappa shape index (κ2) is 9.06. The summed E-state index contributed by atoms with van der Waals surface area (Å²) in [6.45, 7) is 6.03. The summed E-state index contributed by atoms with van der Waals surface area (Å²) in [6, 6.07) is 12.8. The topological polar surface area (TPSA) is 81.3 Å². The van der Waals surface area contributed by atoms with E-state index in [1.165, 1.54) is 6.07 Å². The number of alkyl halides is 3. The van der Waals surface area contributed by atoms with Gasteiger partial charge < -0.3 is 15.4 Å². The molecule has 4 aromatic rings.